The van der Waals surface area contributed by atoms with Crippen LogP contribution in [0.5, 0.6) is 11.5 Å². The molecule has 0 saturated carbocycles. The van der Waals surface area contributed by atoms with Gasteiger partial charge in [-0.15, -0.1) is 0 Å². The lowest BCUT2D eigenvalue weighted by Gasteiger charge is -2.25. The largest absolute Gasteiger partial charge is 0.454 e. The maximum Gasteiger partial charge on any atom is 0.238 e. The fourth-order valence-electron chi connectivity index (χ4n) is 7.04. The summed E-state index contributed by atoms with van der Waals surface area (Å²) in [6.07, 6.45) is 4.15. The van der Waals surface area contributed by atoms with E-state index in [1.165, 1.54) is 22.3 Å². The van der Waals surface area contributed by atoms with Crippen LogP contribution in [0.2, 0.25) is 0 Å². The minimum Gasteiger partial charge on any atom is -0.454 e. The first kappa shape index (κ1) is 28.3. The fourth-order valence-corrected chi connectivity index (χ4v) is 7.04. The molecule has 0 unspecified atom stereocenters. The van der Waals surface area contributed by atoms with Gasteiger partial charge in [0.25, 0.3) is 0 Å². The zero-order chi connectivity index (χ0) is 29.4. The van der Waals surface area contributed by atoms with Gasteiger partial charge in [0.2, 0.25) is 18.6 Å². The van der Waals surface area contributed by atoms with Gasteiger partial charge in [-0.1, -0.05) is 49.7 Å². The van der Waals surface area contributed by atoms with Gasteiger partial charge in [-0.05, 0) is 91.5 Å². The fraction of sp³-hybridized carbons (Fsp3) is 0.429. The summed E-state index contributed by atoms with van der Waals surface area (Å²) in [6.45, 7) is 10.6. The summed E-state index contributed by atoms with van der Waals surface area (Å²) in [4.78, 5) is 30.2. The highest BCUT2D eigenvalue weighted by Crippen LogP contribution is 2.46. The van der Waals surface area contributed by atoms with Crippen LogP contribution in [0.15, 0.2) is 48.5 Å². The molecule has 2 atom stereocenters. The molecule has 7 heteroatoms. The van der Waals surface area contributed by atoms with Crippen LogP contribution >= 0.6 is 0 Å². The van der Waals surface area contributed by atoms with E-state index in [1.54, 1.807) is 0 Å². The van der Waals surface area contributed by atoms with Gasteiger partial charge in [0.15, 0.2) is 11.5 Å². The van der Waals surface area contributed by atoms with Crippen molar-refractivity contribution in [2.24, 2.45) is 0 Å². The Balaban J connectivity index is 1.27. The molecule has 7 nitrogen and oxygen atoms in total. The van der Waals surface area contributed by atoms with Crippen LogP contribution in [0.4, 0.5) is 11.4 Å². The maximum atomic E-state index is 13.7. The first-order chi connectivity index (χ1) is 20.4. The van der Waals surface area contributed by atoms with Gasteiger partial charge in [0, 0.05) is 36.9 Å². The molecule has 1 N–H and O–H groups in total. The van der Waals surface area contributed by atoms with Crippen molar-refractivity contribution in [1.29, 1.82) is 0 Å². The standard InChI is InChI=1S/C35H41N3O4/c1-5-24-16-22(3)17-25(6-2)34(24)36-32(39)20-37-19-27(29-13-14-31-35(23(29)4)42-21-41-31)18-30(37)26-9-11-28(12-10-26)38-15-7-8-33(38)40/h9-14,16-17,27,30H,5-8,15,18-21H2,1-4H3,(H,36,39)/t27-,30-/m1/s1. The molecule has 2 amide bonds. The molecule has 0 bridgehead atoms. The molecular formula is C35H41N3O4. The highest BCUT2D eigenvalue weighted by Gasteiger charge is 2.37. The van der Waals surface area contributed by atoms with Crippen molar-refractivity contribution in [2.75, 3.05) is 36.6 Å². The number of hydrogen-bond acceptors (Lipinski definition) is 5. The third-order valence-electron chi connectivity index (χ3n) is 9.15. The number of ether oxygens (including phenoxy) is 2. The molecule has 3 aromatic rings. The van der Waals surface area contributed by atoms with E-state index in [4.69, 9.17) is 9.47 Å². The van der Waals surface area contributed by atoms with E-state index in [-0.39, 0.29) is 30.6 Å². The number of carbonyl (C=O) groups excluding carboxylic acids is 2. The molecule has 0 spiro atoms. The van der Waals surface area contributed by atoms with Crippen LogP contribution in [0.25, 0.3) is 0 Å². The molecular weight excluding hydrogens is 526 g/mol. The van der Waals surface area contributed by atoms with Crippen LogP contribution in [0, 0.1) is 13.8 Å². The van der Waals surface area contributed by atoms with Crippen molar-refractivity contribution < 1.29 is 19.1 Å². The molecule has 2 fully saturated rings. The molecule has 0 aromatic heterocycles. The number of rotatable bonds is 8. The lowest BCUT2D eigenvalue weighted by atomic mass is 9.90. The van der Waals surface area contributed by atoms with Gasteiger partial charge in [-0.25, -0.2) is 0 Å². The van der Waals surface area contributed by atoms with Crippen molar-refractivity contribution in [3.63, 3.8) is 0 Å². The number of nitrogens with zero attached hydrogens (tertiary/aromatic N) is 2. The van der Waals surface area contributed by atoms with Crippen LogP contribution in [0.1, 0.15) is 78.5 Å². The summed E-state index contributed by atoms with van der Waals surface area (Å²) in [7, 11) is 0. The number of amides is 2. The van der Waals surface area contributed by atoms with Crippen LogP contribution in [0.3, 0.4) is 0 Å². The minimum atomic E-state index is 0.00981. The molecule has 0 radical (unpaired) electrons. The normalized spacial score (nSPS) is 20.0. The molecule has 2 saturated heterocycles. The average molecular weight is 568 g/mol. The van der Waals surface area contributed by atoms with E-state index in [2.05, 4.69) is 80.4 Å². The first-order valence-corrected chi connectivity index (χ1v) is 15.3. The maximum absolute atomic E-state index is 13.7. The second-order valence-electron chi connectivity index (χ2n) is 11.8. The smallest absolute Gasteiger partial charge is 0.238 e. The van der Waals surface area contributed by atoms with E-state index in [0.717, 1.165) is 72.8 Å². The first-order valence-electron chi connectivity index (χ1n) is 15.3. The van der Waals surface area contributed by atoms with Crippen molar-refractivity contribution in [2.45, 2.75) is 71.8 Å². The number of aryl methyl sites for hydroxylation is 3. The summed E-state index contributed by atoms with van der Waals surface area (Å²) >= 11 is 0. The lowest BCUT2D eigenvalue weighted by Crippen LogP contribution is -2.33. The monoisotopic (exact) mass is 567 g/mol. The molecule has 3 aromatic carbocycles. The predicted octanol–water partition coefficient (Wildman–Crippen LogP) is 6.45. The van der Waals surface area contributed by atoms with Gasteiger partial charge in [-0.2, -0.15) is 0 Å². The number of nitrogens with one attached hydrogen (secondary N) is 1. The summed E-state index contributed by atoms with van der Waals surface area (Å²) in [5, 5.41) is 3.30. The van der Waals surface area contributed by atoms with Gasteiger partial charge >= 0.3 is 0 Å². The Hall–Kier alpha value is -3.84. The second kappa shape index (κ2) is 11.8. The Morgan fingerprint density at radius 1 is 1.00 bits per heavy atom. The number of carbonyl (C=O) groups is 2. The van der Waals surface area contributed by atoms with E-state index in [0.29, 0.717) is 13.0 Å². The third kappa shape index (κ3) is 5.38. The Morgan fingerprint density at radius 2 is 1.74 bits per heavy atom. The van der Waals surface area contributed by atoms with Crippen LogP contribution in [-0.4, -0.2) is 43.1 Å². The van der Waals surface area contributed by atoms with Gasteiger partial charge in [-0.3, -0.25) is 14.5 Å². The van der Waals surface area contributed by atoms with Crippen molar-refractivity contribution in [3.05, 3.63) is 81.9 Å². The van der Waals surface area contributed by atoms with E-state index < -0.39 is 0 Å². The van der Waals surface area contributed by atoms with Crippen molar-refractivity contribution in [3.8, 4) is 11.5 Å². The zero-order valence-corrected chi connectivity index (χ0v) is 25.2. The average Bonchev–Trinajstić information content (AvgIpc) is 3.74. The number of fused-ring (bicyclic) bond motifs is 1. The van der Waals surface area contributed by atoms with Crippen molar-refractivity contribution >= 4 is 23.2 Å². The van der Waals surface area contributed by atoms with E-state index in [1.807, 2.05) is 11.0 Å². The number of hydrogen-bond donors (Lipinski definition) is 1. The molecule has 3 aliphatic rings. The van der Waals surface area contributed by atoms with Crippen molar-refractivity contribution in [1.82, 2.24) is 4.90 Å². The van der Waals surface area contributed by atoms with E-state index >= 15 is 0 Å². The third-order valence-corrected chi connectivity index (χ3v) is 9.15. The van der Waals surface area contributed by atoms with Gasteiger partial charge in [0.05, 0.1) is 6.54 Å². The SMILES string of the molecule is CCc1cc(C)cc(CC)c1NC(=O)CN1C[C@H](c2ccc3c(c2C)OCO3)C[C@@H]1c1ccc(N2CCCC2=O)cc1. The quantitative estimate of drug-likeness (QED) is 0.339. The molecule has 6 rings (SSSR count). The molecule has 220 valence electrons. The Morgan fingerprint density at radius 3 is 2.40 bits per heavy atom. The molecule has 3 heterocycles. The van der Waals surface area contributed by atoms with Gasteiger partial charge in [0.1, 0.15) is 0 Å². The highest BCUT2D eigenvalue weighted by atomic mass is 16.7. The zero-order valence-electron chi connectivity index (χ0n) is 25.2. The second-order valence-corrected chi connectivity index (χ2v) is 11.8. The highest BCUT2D eigenvalue weighted by molar-refractivity contribution is 5.95. The summed E-state index contributed by atoms with van der Waals surface area (Å²) in [5.74, 6) is 2.07. The molecule has 0 aliphatic carbocycles. The van der Waals surface area contributed by atoms with E-state index in [9.17, 15) is 9.59 Å². The number of likely N-dealkylation sites (tertiary alicyclic amines) is 1. The Kier molecular flexibility index (Phi) is 7.95. The topological polar surface area (TPSA) is 71.1 Å². The summed E-state index contributed by atoms with van der Waals surface area (Å²) in [5.41, 5.74) is 9.02. The Labute approximate surface area is 248 Å². The Bertz CT molecular complexity index is 1470. The summed E-state index contributed by atoms with van der Waals surface area (Å²) < 4.78 is 11.4. The molecule has 3 aliphatic heterocycles. The minimum absolute atomic E-state index is 0.00981. The summed E-state index contributed by atoms with van der Waals surface area (Å²) in [6, 6.07) is 17.0. The van der Waals surface area contributed by atoms with Gasteiger partial charge < -0.3 is 19.7 Å². The number of benzene rings is 3. The van der Waals surface area contributed by atoms with Crippen LogP contribution in [-0.2, 0) is 22.4 Å². The predicted molar refractivity (Wildman–Crippen MR) is 166 cm³/mol. The lowest BCUT2D eigenvalue weighted by molar-refractivity contribution is -0.118. The molecule has 42 heavy (non-hydrogen) atoms. The number of anilines is 2. The van der Waals surface area contributed by atoms with Crippen LogP contribution < -0.4 is 19.7 Å².